The Morgan fingerprint density at radius 1 is 0.383 bits per heavy atom. The van der Waals surface area contributed by atoms with Crippen LogP contribution in [0.3, 0.4) is 0 Å². The van der Waals surface area contributed by atoms with Crippen molar-refractivity contribution in [1.29, 1.82) is 0 Å². The summed E-state index contributed by atoms with van der Waals surface area (Å²) in [7, 11) is 0. The van der Waals surface area contributed by atoms with Crippen molar-refractivity contribution in [3.8, 4) is 33.4 Å². The van der Waals surface area contributed by atoms with Gasteiger partial charge in [0.05, 0.1) is 0 Å². The van der Waals surface area contributed by atoms with Crippen molar-refractivity contribution in [2.45, 2.75) is 27.7 Å². The minimum absolute atomic E-state index is 0.927. The molecule has 0 unspecified atom stereocenters. The lowest BCUT2D eigenvalue weighted by atomic mass is 9.87. The lowest BCUT2D eigenvalue weighted by molar-refractivity contribution is 0.670. The van der Waals surface area contributed by atoms with Gasteiger partial charge in [-0.25, -0.2) is 0 Å². The molecule has 1 heterocycles. The average molecular weight is 607 g/mol. The molecule has 228 valence electrons. The summed E-state index contributed by atoms with van der Waals surface area (Å²) in [5, 5.41) is 10.2. The van der Waals surface area contributed by atoms with Crippen molar-refractivity contribution in [2.75, 3.05) is 0 Å². The summed E-state index contributed by atoms with van der Waals surface area (Å²) < 4.78 is 6.32. The number of furan rings is 1. The van der Waals surface area contributed by atoms with Crippen molar-refractivity contribution < 1.29 is 4.42 Å². The predicted molar refractivity (Wildman–Crippen MR) is 206 cm³/mol. The topological polar surface area (TPSA) is 13.1 Å². The van der Waals surface area contributed by atoms with Crippen LogP contribution in [0.4, 0.5) is 0 Å². The molecule has 1 aromatic heterocycles. The summed E-state index contributed by atoms with van der Waals surface area (Å²) in [4.78, 5) is 0. The lowest BCUT2D eigenvalue weighted by Gasteiger charge is -2.16. The van der Waals surface area contributed by atoms with Gasteiger partial charge in [-0.15, -0.1) is 0 Å². The molecule has 0 radical (unpaired) electrons. The Morgan fingerprint density at radius 3 is 1.47 bits per heavy atom. The molecule has 1 heteroatoms. The third-order valence-electron chi connectivity index (χ3n) is 8.99. The van der Waals surface area contributed by atoms with Crippen LogP contribution in [0.25, 0.3) is 87.6 Å². The van der Waals surface area contributed by atoms with E-state index in [1.165, 1.54) is 54.6 Å². The van der Waals surface area contributed by atoms with Crippen molar-refractivity contribution >= 4 is 54.3 Å². The quantitative estimate of drug-likeness (QED) is 0.144. The standard InChI is InChI=1S/C40H24O.C4H8.C2H6/c1-2-7-25(8-3-1)30-21-19-28-17-18-29-20-22-31(35-24-23-34(30)38(28)39(29)35)26-13-15-27(16-14-26)32-10-6-11-36-33-9-4-5-12-37(33)41-40(32)36;1-3-4-2;1-2/h1-24H;3-4H,1-2H3;1-2H3/b;4-3-;. The summed E-state index contributed by atoms with van der Waals surface area (Å²) in [5.41, 5.74) is 9.15. The first-order valence-electron chi connectivity index (χ1n) is 16.6. The maximum absolute atomic E-state index is 6.32. The van der Waals surface area contributed by atoms with E-state index in [1.54, 1.807) is 0 Å². The summed E-state index contributed by atoms with van der Waals surface area (Å²) in [5.74, 6) is 0. The third kappa shape index (κ3) is 5.24. The number of hydrogen-bond acceptors (Lipinski definition) is 1. The molecule has 47 heavy (non-hydrogen) atoms. The zero-order valence-electron chi connectivity index (χ0n) is 27.4. The molecule has 9 rings (SSSR count). The van der Waals surface area contributed by atoms with Crippen molar-refractivity contribution in [1.82, 2.24) is 0 Å². The number of fused-ring (bicyclic) bond motifs is 3. The highest BCUT2D eigenvalue weighted by molar-refractivity contribution is 6.27. The Hall–Kier alpha value is -5.66. The second kappa shape index (κ2) is 13.0. The van der Waals surface area contributed by atoms with Gasteiger partial charge >= 0.3 is 0 Å². The molecule has 0 spiro atoms. The molecule has 0 amide bonds. The van der Waals surface area contributed by atoms with Crippen LogP contribution in [-0.2, 0) is 0 Å². The van der Waals surface area contributed by atoms with E-state index in [-0.39, 0.29) is 0 Å². The van der Waals surface area contributed by atoms with Crippen LogP contribution in [0, 0.1) is 0 Å². The smallest absolute Gasteiger partial charge is 0.143 e. The summed E-state index contributed by atoms with van der Waals surface area (Å²) >= 11 is 0. The summed E-state index contributed by atoms with van der Waals surface area (Å²) in [6, 6.07) is 52.6. The van der Waals surface area contributed by atoms with E-state index in [4.69, 9.17) is 4.42 Å². The molecule has 0 bridgehead atoms. The molecule has 0 atom stereocenters. The van der Waals surface area contributed by atoms with Gasteiger partial charge in [-0.3, -0.25) is 0 Å². The highest BCUT2D eigenvalue weighted by atomic mass is 16.3. The van der Waals surface area contributed by atoms with Crippen LogP contribution < -0.4 is 0 Å². The molecule has 0 fully saturated rings. The Kier molecular flexibility index (Phi) is 8.29. The van der Waals surface area contributed by atoms with Gasteiger partial charge in [0.25, 0.3) is 0 Å². The maximum Gasteiger partial charge on any atom is 0.143 e. The molecule has 0 aliphatic carbocycles. The van der Waals surface area contributed by atoms with Crippen LogP contribution in [0.5, 0.6) is 0 Å². The number of para-hydroxylation sites is 2. The third-order valence-corrected chi connectivity index (χ3v) is 8.99. The minimum atomic E-state index is 0.927. The van der Waals surface area contributed by atoms with Crippen molar-refractivity contribution in [3.63, 3.8) is 0 Å². The highest BCUT2D eigenvalue weighted by Crippen LogP contribution is 2.43. The second-order valence-electron chi connectivity index (χ2n) is 11.5. The first-order chi connectivity index (χ1) is 23.2. The molecular formula is C46H38O. The first kappa shape index (κ1) is 30.0. The minimum Gasteiger partial charge on any atom is -0.455 e. The van der Waals surface area contributed by atoms with Gasteiger partial charge < -0.3 is 4.42 Å². The fourth-order valence-corrected chi connectivity index (χ4v) is 6.73. The molecule has 8 aromatic carbocycles. The Balaban J connectivity index is 0.000000547. The van der Waals surface area contributed by atoms with E-state index < -0.39 is 0 Å². The molecule has 0 saturated carbocycles. The van der Waals surface area contributed by atoms with E-state index in [0.29, 0.717) is 0 Å². The Morgan fingerprint density at radius 2 is 0.872 bits per heavy atom. The van der Waals surface area contributed by atoms with E-state index in [2.05, 4.69) is 133 Å². The van der Waals surface area contributed by atoms with Crippen molar-refractivity contribution in [3.05, 3.63) is 158 Å². The molecule has 1 nitrogen and oxygen atoms in total. The normalized spacial score (nSPS) is 11.3. The second-order valence-corrected chi connectivity index (χ2v) is 11.5. The molecular weight excluding hydrogens is 569 g/mol. The van der Waals surface area contributed by atoms with Gasteiger partial charge in [0.2, 0.25) is 0 Å². The van der Waals surface area contributed by atoms with Crippen molar-refractivity contribution in [2.24, 2.45) is 0 Å². The average Bonchev–Trinajstić information content (AvgIpc) is 3.54. The van der Waals surface area contributed by atoms with E-state index in [0.717, 1.165) is 33.1 Å². The Bertz CT molecular complexity index is 2470. The summed E-state index contributed by atoms with van der Waals surface area (Å²) in [6.07, 6.45) is 4.00. The molecule has 9 aromatic rings. The predicted octanol–water partition coefficient (Wildman–Crippen LogP) is 14.1. The van der Waals surface area contributed by atoms with E-state index in [1.807, 2.05) is 52.0 Å². The van der Waals surface area contributed by atoms with Gasteiger partial charge in [-0.05, 0) is 80.0 Å². The summed E-state index contributed by atoms with van der Waals surface area (Å²) in [6.45, 7) is 8.00. The SMILES string of the molecule is C/C=C\C.CC.c1ccc(-c2ccc3ccc4ccc(-c5ccc(-c6cccc7c6oc6ccccc67)cc5)c5ccc2c3c45)cc1. The maximum atomic E-state index is 6.32. The molecule has 0 N–H and O–H groups in total. The number of hydrogen-bond donors (Lipinski definition) is 0. The van der Waals surface area contributed by atoms with Gasteiger partial charge in [0.1, 0.15) is 11.2 Å². The van der Waals surface area contributed by atoms with Gasteiger partial charge in [0, 0.05) is 16.3 Å². The molecule has 0 saturated heterocycles. The highest BCUT2D eigenvalue weighted by Gasteiger charge is 2.16. The van der Waals surface area contributed by atoms with E-state index >= 15 is 0 Å². The van der Waals surface area contributed by atoms with Gasteiger partial charge in [-0.2, -0.15) is 0 Å². The van der Waals surface area contributed by atoms with E-state index in [9.17, 15) is 0 Å². The lowest BCUT2D eigenvalue weighted by Crippen LogP contribution is -1.89. The van der Waals surface area contributed by atoms with Crippen LogP contribution >= 0.6 is 0 Å². The fraction of sp³-hybridized carbons (Fsp3) is 0.0870. The van der Waals surface area contributed by atoms with Crippen LogP contribution in [0.15, 0.2) is 162 Å². The number of benzene rings is 8. The van der Waals surface area contributed by atoms with Crippen LogP contribution in [-0.4, -0.2) is 0 Å². The fourth-order valence-electron chi connectivity index (χ4n) is 6.73. The number of allylic oxidation sites excluding steroid dienone is 2. The number of rotatable bonds is 3. The van der Waals surface area contributed by atoms with Crippen LogP contribution in [0.2, 0.25) is 0 Å². The monoisotopic (exact) mass is 606 g/mol. The molecule has 0 aliphatic rings. The first-order valence-corrected chi connectivity index (χ1v) is 16.6. The van der Waals surface area contributed by atoms with Crippen LogP contribution in [0.1, 0.15) is 27.7 Å². The van der Waals surface area contributed by atoms with Gasteiger partial charge in [-0.1, -0.05) is 166 Å². The zero-order chi connectivity index (χ0) is 32.3. The molecule has 0 aliphatic heterocycles. The largest absolute Gasteiger partial charge is 0.455 e. The Labute approximate surface area is 276 Å². The van der Waals surface area contributed by atoms with Gasteiger partial charge in [0.15, 0.2) is 0 Å². The zero-order valence-corrected chi connectivity index (χ0v) is 27.4.